The van der Waals surface area contributed by atoms with Crippen LogP contribution in [-0.4, -0.2) is 87.5 Å². The molecule has 7 atom stereocenters. The first-order valence-electron chi connectivity index (χ1n) is 15.7. The van der Waals surface area contributed by atoms with Gasteiger partial charge in [0.2, 0.25) is 5.91 Å². The number of ether oxygens (including phenoxy) is 2. The molecule has 1 aliphatic rings. The number of amides is 1. The maximum Gasteiger partial charge on any atom is 0.220 e. The fourth-order valence-corrected chi connectivity index (χ4v) is 5.04. The van der Waals surface area contributed by atoms with Gasteiger partial charge in [0.1, 0.15) is 24.4 Å². The maximum absolute atomic E-state index is 12.5. The molecule has 6 N–H and O–H groups in total. The minimum atomic E-state index is -1.54. The van der Waals surface area contributed by atoms with E-state index in [1.807, 2.05) is 0 Å². The summed E-state index contributed by atoms with van der Waals surface area (Å²) in [6, 6.07) is -0.705. The second-order valence-electron chi connectivity index (χ2n) is 11.3. The summed E-state index contributed by atoms with van der Waals surface area (Å²) in [5, 5.41) is 53.4. The van der Waals surface area contributed by atoms with Crippen molar-refractivity contribution in [1.29, 1.82) is 0 Å². The molecule has 0 bridgehead atoms. The molecule has 0 aliphatic carbocycles. The second kappa shape index (κ2) is 22.8. The van der Waals surface area contributed by atoms with Gasteiger partial charge >= 0.3 is 0 Å². The molecule has 0 aromatic carbocycles. The van der Waals surface area contributed by atoms with Crippen molar-refractivity contribution in [2.45, 2.75) is 172 Å². The molecule has 0 saturated carbocycles. The van der Waals surface area contributed by atoms with Crippen LogP contribution in [0.2, 0.25) is 0 Å². The van der Waals surface area contributed by atoms with Crippen LogP contribution in [0.3, 0.4) is 0 Å². The van der Waals surface area contributed by atoms with E-state index in [-0.39, 0.29) is 12.5 Å². The number of carbonyl (C=O) groups excluding carboxylic acids is 1. The van der Waals surface area contributed by atoms with Gasteiger partial charge in [0.25, 0.3) is 0 Å². The third-order valence-corrected chi connectivity index (χ3v) is 7.71. The number of carbonyl (C=O) groups is 1. The zero-order valence-electron chi connectivity index (χ0n) is 24.6. The van der Waals surface area contributed by atoms with E-state index in [2.05, 4.69) is 19.2 Å². The first-order valence-corrected chi connectivity index (χ1v) is 15.7. The largest absolute Gasteiger partial charge is 0.394 e. The van der Waals surface area contributed by atoms with Crippen LogP contribution in [0.1, 0.15) is 129 Å². The van der Waals surface area contributed by atoms with E-state index in [0.717, 1.165) is 44.9 Å². The van der Waals surface area contributed by atoms with Crippen molar-refractivity contribution >= 4 is 5.91 Å². The van der Waals surface area contributed by atoms with Crippen LogP contribution >= 0.6 is 0 Å². The number of nitrogens with one attached hydrogen (secondary N) is 1. The molecule has 0 aromatic heterocycles. The summed E-state index contributed by atoms with van der Waals surface area (Å²) in [5.74, 6) is -0.165. The first kappa shape index (κ1) is 36.2. The molecule has 7 unspecified atom stereocenters. The lowest BCUT2D eigenvalue weighted by Gasteiger charge is -2.40. The normalized spacial score (nSPS) is 24.9. The van der Waals surface area contributed by atoms with Crippen LogP contribution in [0.15, 0.2) is 0 Å². The lowest BCUT2D eigenvalue weighted by molar-refractivity contribution is -0.302. The Kier molecular flexibility index (Phi) is 21.2. The Morgan fingerprint density at radius 3 is 1.82 bits per heavy atom. The smallest absolute Gasteiger partial charge is 0.220 e. The molecular weight excluding hydrogens is 502 g/mol. The SMILES string of the molecule is CCCCCCCCCCCCCCC(O)C(COC1OC(CO)C(O)C(O)C1O)NC(=O)CCCCCC. The predicted octanol–water partition coefficient (Wildman–Crippen LogP) is 3.71. The van der Waals surface area contributed by atoms with Crippen LogP contribution in [0.4, 0.5) is 0 Å². The van der Waals surface area contributed by atoms with Crippen molar-refractivity contribution in [3.05, 3.63) is 0 Å². The molecule has 1 saturated heterocycles. The van der Waals surface area contributed by atoms with Crippen LogP contribution in [0.5, 0.6) is 0 Å². The predicted molar refractivity (Wildman–Crippen MR) is 152 cm³/mol. The van der Waals surface area contributed by atoms with Gasteiger partial charge in [-0.15, -0.1) is 0 Å². The summed E-state index contributed by atoms with van der Waals surface area (Å²) in [5.41, 5.74) is 0. The molecular formula is C30H59NO8. The highest BCUT2D eigenvalue weighted by Crippen LogP contribution is 2.22. The average Bonchev–Trinajstić information content (AvgIpc) is 2.93. The molecule has 0 aromatic rings. The fourth-order valence-electron chi connectivity index (χ4n) is 5.04. The maximum atomic E-state index is 12.5. The fraction of sp³-hybridized carbons (Fsp3) is 0.967. The van der Waals surface area contributed by atoms with Crippen LogP contribution in [-0.2, 0) is 14.3 Å². The van der Waals surface area contributed by atoms with Gasteiger partial charge in [-0.05, 0) is 12.8 Å². The molecule has 1 rings (SSSR count). The Morgan fingerprint density at radius 1 is 0.769 bits per heavy atom. The molecule has 1 aliphatic heterocycles. The summed E-state index contributed by atoms with van der Waals surface area (Å²) in [6.07, 6.45) is 11.7. The first-order chi connectivity index (χ1) is 18.8. The van der Waals surface area contributed by atoms with Crippen molar-refractivity contribution in [1.82, 2.24) is 5.32 Å². The lowest BCUT2D eigenvalue weighted by atomic mass is 9.99. The van der Waals surface area contributed by atoms with Gasteiger partial charge in [-0.1, -0.05) is 110 Å². The van der Waals surface area contributed by atoms with Gasteiger partial charge in [0.05, 0.1) is 25.4 Å². The van der Waals surface area contributed by atoms with Crippen LogP contribution in [0, 0.1) is 0 Å². The van der Waals surface area contributed by atoms with E-state index < -0.39 is 49.5 Å². The molecule has 0 radical (unpaired) electrons. The zero-order valence-corrected chi connectivity index (χ0v) is 24.6. The van der Waals surface area contributed by atoms with Crippen molar-refractivity contribution in [3.8, 4) is 0 Å². The highest BCUT2D eigenvalue weighted by Gasteiger charge is 2.44. The molecule has 39 heavy (non-hydrogen) atoms. The van der Waals surface area contributed by atoms with Crippen molar-refractivity contribution in [2.75, 3.05) is 13.2 Å². The van der Waals surface area contributed by atoms with E-state index in [4.69, 9.17) is 9.47 Å². The number of unbranched alkanes of at least 4 members (excludes halogenated alkanes) is 14. The Labute approximate surface area is 236 Å². The van der Waals surface area contributed by atoms with Gasteiger partial charge in [-0.2, -0.15) is 0 Å². The molecule has 1 heterocycles. The van der Waals surface area contributed by atoms with Crippen LogP contribution < -0.4 is 5.32 Å². The summed E-state index contributed by atoms with van der Waals surface area (Å²) in [6.45, 7) is 3.66. The summed E-state index contributed by atoms with van der Waals surface area (Å²) in [7, 11) is 0. The number of rotatable bonds is 24. The van der Waals surface area contributed by atoms with Gasteiger partial charge in [-0.25, -0.2) is 0 Å². The van der Waals surface area contributed by atoms with E-state index in [1.54, 1.807) is 0 Å². The van der Waals surface area contributed by atoms with E-state index in [0.29, 0.717) is 12.8 Å². The number of aliphatic hydroxyl groups is 5. The van der Waals surface area contributed by atoms with Crippen molar-refractivity contribution in [2.24, 2.45) is 0 Å². The van der Waals surface area contributed by atoms with Gasteiger partial charge < -0.3 is 40.3 Å². The molecule has 9 nitrogen and oxygen atoms in total. The molecule has 9 heteroatoms. The molecule has 1 fully saturated rings. The summed E-state index contributed by atoms with van der Waals surface area (Å²) < 4.78 is 11.1. The molecule has 232 valence electrons. The summed E-state index contributed by atoms with van der Waals surface area (Å²) in [4.78, 5) is 12.5. The number of aliphatic hydroxyl groups excluding tert-OH is 5. The van der Waals surface area contributed by atoms with Crippen molar-refractivity contribution < 1.29 is 39.8 Å². The Bertz CT molecular complexity index is 593. The highest BCUT2D eigenvalue weighted by atomic mass is 16.7. The highest BCUT2D eigenvalue weighted by molar-refractivity contribution is 5.76. The van der Waals surface area contributed by atoms with E-state index >= 15 is 0 Å². The van der Waals surface area contributed by atoms with E-state index in [9.17, 15) is 30.3 Å². The Morgan fingerprint density at radius 2 is 1.28 bits per heavy atom. The van der Waals surface area contributed by atoms with E-state index in [1.165, 1.54) is 57.8 Å². The lowest BCUT2D eigenvalue weighted by Crippen LogP contribution is -2.60. The monoisotopic (exact) mass is 561 g/mol. The third kappa shape index (κ3) is 15.7. The number of hydrogen-bond acceptors (Lipinski definition) is 8. The minimum Gasteiger partial charge on any atom is -0.394 e. The third-order valence-electron chi connectivity index (χ3n) is 7.71. The zero-order chi connectivity index (χ0) is 28.9. The van der Waals surface area contributed by atoms with Crippen molar-refractivity contribution in [3.63, 3.8) is 0 Å². The number of hydrogen-bond donors (Lipinski definition) is 6. The van der Waals surface area contributed by atoms with Gasteiger partial charge in [0, 0.05) is 6.42 Å². The molecule has 0 spiro atoms. The molecule has 1 amide bonds. The Balaban J connectivity index is 2.45. The summed E-state index contributed by atoms with van der Waals surface area (Å²) >= 11 is 0. The topological polar surface area (TPSA) is 149 Å². The second-order valence-corrected chi connectivity index (χ2v) is 11.3. The minimum absolute atomic E-state index is 0.136. The quantitative estimate of drug-likeness (QED) is 0.0977. The Hall–Kier alpha value is -0.810. The van der Waals surface area contributed by atoms with Gasteiger partial charge in [0.15, 0.2) is 6.29 Å². The average molecular weight is 562 g/mol. The standard InChI is InChI=1S/C30H59NO8/c1-3-5-7-9-10-11-12-13-14-15-16-17-19-24(33)23(31-26(34)20-18-8-6-4-2)22-38-30-29(37)28(36)27(35)25(21-32)39-30/h23-25,27-30,32-33,35-37H,3-22H2,1-2H3,(H,31,34). The van der Waals surface area contributed by atoms with Gasteiger partial charge in [-0.3, -0.25) is 4.79 Å². The van der Waals surface area contributed by atoms with Crippen LogP contribution in [0.25, 0.3) is 0 Å².